The molecular weight excluding hydrogens is 450 g/mol. The predicted octanol–water partition coefficient (Wildman–Crippen LogP) is 3.57. The fourth-order valence-electron chi connectivity index (χ4n) is 3.51. The number of carbonyl (C=O) groups excluding carboxylic acids is 1. The lowest BCUT2D eigenvalue weighted by molar-refractivity contribution is 0.0966. The molecule has 1 amide bonds. The van der Waals surface area contributed by atoms with Crippen LogP contribution in [0.2, 0.25) is 0 Å². The Bertz CT molecular complexity index is 1600. The van der Waals surface area contributed by atoms with Crippen molar-refractivity contribution >= 4 is 49.9 Å². The molecule has 34 heavy (non-hydrogen) atoms. The van der Waals surface area contributed by atoms with Crippen LogP contribution < -0.4 is 21.5 Å². The molecule has 5 N–H and O–H groups in total. The number of fused-ring (bicyclic) bond motifs is 2. The zero-order chi connectivity index (χ0) is 22.9. The minimum absolute atomic E-state index is 0.264. The van der Waals surface area contributed by atoms with Gasteiger partial charge in [0.15, 0.2) is 10.8 Å². The van der Waals surface area contributed by atoms with Crippen LogP contribution in [0.5, 0.6) is 0 Å². The summed E-state index contributed by atoms with van der Waals surface area (Å²) in [6.45, 7) is 0. The molecule has 0 unspecified atom stereocenters. The molecule has 0 bridgehead atoms. The molecule has 0 radical (unpaired) electrons. The Hall–Kier alpha value is -4.77. The number of thiazole rings is 1. The first kappa shape index (κ1) is 19.9. The van der Waals surface area contributed by atoms with Crippen LogP contribution in [0.4, 0.5) is 11.5 Å². The molecule has 10 nitrogen and oxygen atoms in total. The van der Waals surface area contributed by atoms with Gasteiger partial charge in [0.1, 0.15) is 5.82 Å². The number of rotatable bonds is 5. The second kappa shape index (κ2) is 8.30. The van der Waals surface area contributed by atoms with Gasteiger partial charge in [-0.1, -0.05) is 0 Å². The molecule has 3 aromatic heterocycles. The first-order valence-corrected chi connectivity index (χ1v) is 11.2. The highest BCUT2D eigenvalue weighted by Gasteiger charge is 2.15. The number of H-pyrrole nitrogens is 1. The number of hydrogen-bond acceptors (Lipinski definition) is 9. The van der Waals surface area contributed by atoms with E-state index >= 15 is 0 Å². The number of aromatic nitrogens is 5. The number of hydrogen-bond donors (Lipinski definition) is 5. The van der Waals surface area contributed by atoms with Crippen LogP contribution in [0.25, 0.3) is 32.5 Å². The maximum Gasteiger partial charge on any atom is 0.284 e. The van der Waals surface area contributed by atoms with E-state index in [9.17, 15) is 4.79 Å². The van der Waals surface area contributed by atoms with E-state index in [1.807, 2.05) is 42.5 Å². The number of nitrogens with one attached hydrogen (secondary N) is 5. The predicted molar refractivity (Wildman–Crippen MR) is 131 cm³/mol. The lowest BCUT2D eigenvalue weighted by atomic mass is 10.2. The molecule has 0 saturated heterocycles. The molecule has 0 aliphatic carbocycles. The summed E-state index contributed by atoms with van der Waals surface area (Å²) in [5, 5.41) is 14.5. The van der Waals surface area contributed by atoms with Gasteiger partial charge in [-0.25, -0.2) is 15.0 Å². The maximum absolute atomic E-state index is 12.6. The topological polar surface area (TPSA) is 133 Å². The largest absolute Gasteiger partial charge is 0.340 e. The van der Waals surface area contributed by atoms with E-state index in [1.54, 1.807) is 30.9 Å². The Kier molecular flexibility index (Phi) is 4.85. The van der Waals surface area contributed by atoms with Gasteiger partial charge in [-0.3, -0.25) is 9.89 Å². The Morgan fingerprint density at radius 2 is 2.00 bits per heavy atom. The van der Waals surface area contributed by atoms with Crippen molar-refractivity contribution in [3.63, 3.8) is 0 Å². The molecular formula is C23H17N9OS. The standard InChI is InChI=1S/C23H17N9OS/c33-22(29-16-5-8-25-26-12-16)23-30-18-10-13(1-4-19(18)34-23)21-24-7-6-20(31-21)28-15-2-3-17-14(9-15)11-27-32-17/h1-12,25-26H,(H,27,32)(H,29,33)(H,24,28,31). The van der Waals surface area contributed by atoms with Crippen LogP contribution in [0.15, 0.2) is 79.0 Å². The van der Waals surface area contributed by atoms with Crippen LogP contribution in [0.1, 0.15) is 9.80 Å². The average molecular weight is 468 g/mol. The van der Waals surface area contributed by atoms with Crippen molar-refractivity contribution in [2.45, 2.75) is 0 Å². The molecule has 11 heteroatoms. The monoisotopic (exact) mass is 467 g/mol. The van der Waals surface area contributed by atoms with Gasteiger partial charge in [-0.2, -0.15) is 5.10 Å². The Balaban J connectivity index is 1.24. The van der Waals surface area contributed by atoms with E-state index in [4.69, 9.17) is 0 Å². The molecule has 0 saturated carbocycles. The van der Waals surface area contributed by atoms with Crippen LogP contribution in [0, 0.1) is 0 Å². The molecule has 5 aromatic rings. The lowest BCUT2D eigenvalue weighted by Crippen LogP contribution is -2.30. The third-order valence-corrected chi connectivity index (χ3v) is 6.16. The molecule has 1 aliphatic heterocycles. The van der Waals surface area contributed by atoms with Gasteiger partial charge in [0, 0.05) is 35.2 Å². The Labute approximate surface area is 196 Å². The quantitative estimate of drug-likeness (QED) is 0.265. The van der Waals surface area contributed by atoms with Gasteiger partial charge >= 0.3 is 0 Å². The number of anilines is 2. The van der Waals surface area contributed by atoms with Gasteiger partial charge in [-0.05, 0) is 48.5 Å². The summed E-state index contributed by atoms with van der Waals surface area (Å²) in [5.41, 5.74) is 9.67. The van der Waals surface area contributed by atoms with Crippen molar-refractivity contribution in [3.05, 3.63) is 84.0 Å². The van der Waals surface area contributed by atoms with E-state index in [-0.39, 0.29) is 5.91 Å². The second-order valence-corrected chi connectivity index (χ2v) is 8.47. The molecule has 1 aliphatic rings. The summed E-state index contributed by atoms with van der Waals surface area (Å²) in [6.07, 6.45) is 8.60. The fourth-order valence-corrected chi connectivity index (χ4v) is 4.35. The minimum atomic E-state index is -0.264. The highest BCUT2D eigenvalue weighted by atomic mass is 32.1. The molecule has 0 fully saturated rings. The summed E-state index contributed by atoms with van der Waals surface area (Å²) in [7, 11) is 0. The highest BCUT2D eigenvalue weighted by Crippen LogP contribution is 2.28. The van der Waals surface area contributed by atoms with Crippen molar-refractivity contribution in [1.29, 1.82) is 0 Å². The first-order chi connectivity index (χ1) is 16.7. The van der Waals surface area contributed by atoms with Crippen LogP contribution in [0.3, 0.4) is 0 Å². The van der Waals surface area contributed by atoms with E-state index in [0.29, 0.717) is 27.9 Å². The number of aromatic amines is 1. The first-order valence-electron chi connectivity index (χ1n) is 10.3. The van der Waals surface area contributed by atoms with E-state index in [0.717, 1.165) is 26.9 Å². The van der Waals surface area contributed by atoms with Crippen LogP contribution in [-0.2, 0) is 0 Å². The highest BCUT2D eigenvalue weighted by molar-refractivity contribution is 7.20. The zero-order valence-corrected chi connectivity index (χ0v) is 18.4. The summed E-state index contributed by atoms with van der Waals surface area (Å²) in [4.78, 5) is 26.2. The SMILES string of the molecule is O=C(NC1=CNNC=C1)c1nc2cc(-c3nccc(Nc4ccc5[nH]ncc5c4)n3)ccc2s1. The summed E-state index contributed by atoms with van der Waals surface area (Å²) in [6, 6.07) is 13.5. The number of allylic oxidation sites excluding steroid dienone is 1. The van der Waals surface area contributed by atoms with Crippen molar-refractivity contribution in [1.82, 2.24) is 41.3 Å². The van der Waals surface area contributed by atoms with Crippen molar-refractivity contribution in [3.8, 4) is 11.4 Å². The number of hydrazine groups is 1. The van der Waals surface area contributed by atoms with Crippen LogP contribution >= 0.6 is 11.3 Å². The van der Waals surface area contributed by atoms with Crippen LogP contribution in [-0.4, -0.2) is 31.1 Å². The summed E-state index contributed by atoms with van der Waals surface area (Å²) >= 11 is 1.33. The van der Waals surface area contributed by atoms with Gasteiger partial charge in [-0.15, -0.1) is 11.3 Å². The number of nitrogens with zero attached hydrogens (tertiary/aromatic N) is 4. The van der Waals surface area contributed by atoms with E-state index < -0.39 is 0 Å². The Morgan fingerprint density at radius 3 is 2.91 bits per heavy atom. The average Bonchev–Trinajstić information content (AvgIpc) is 3.51. The third-order valence-electron chi connectivity index (χ3n) is 5.12. The molecule has 6 rings (SSSR count). The molecule has 0 spiro atoms. The number of benzene rings is 2. The van der Waals surface area contributed by atoms with Gasteiger partial charge in [0.2, 0.25) is 0 Å². The zero-order valence-electron chi connectivity index (χ0n) is 17.5. The molecule has 0 atom stereocenters. The van der Waals surface area contributed by atoms with E-state index in [2.05, 4.69) is 46.6 Å². The lowest BCUT2D eigenvalue weighted by Gasteiger charge is -2.10. The molecule has 166 valence electrons. The van der Waals surface area contributed by atoms with Crippen molar-refractivity contribution < 1.29 is 4.79 Å². The summed E-state index contributed by atoms with van der Waals surface area (Å²) in [5.74, 6) is 0.967. The van der Waals surface area contributed by atoms with Gasteiger partial charge in [0.25, 0.3) is 5.91 Å². The second-order valence-electron chi connectivity index (χ2n) is 7.44. The summed E-state index contributed by atoms with van der Waals surface area (Å²) < 4.78 is 0.907. The van der Waals surface area contributed by atoms with E-state index in [1.165, 1.54) is 11.3 Å². The molecule has 4 heterocycles. The normalized spacial score (nSPS) is 12.8. The minimum Gasteiger partial charge on any atom is -0.340 e. The molecule has 2 aromatic carbocycles. The van der Waals surface area contributed by atoms with Gasteiger partial charge in [0.05, 0.1) is 27.6 Å². The van der Waals surface area contributed by atoms with Crippen molar-refractivity contribution in [2.75, 3.05) is 5.32 Å². The Morgan fingerprint density at radius 1 is 1.03 bits per heavy atom. The smallest absolute Gasteiger partial charge is 0.284 e. The maximum atomic E-state index is 12.6. The third kappa shape index (κ3) is 3.91. The number of amides is 1. The fraction of sp³-hybridized carbons (Fsp3) is 0. The van der Waals surface area contributed by atoms with Crippen molar-refractivity contribution in [2.24, 2.45) is 0 Å². The van der Waals surface area contributed by atoms with Gasteiger partial charge < -0.3 is 21.5 Å². The number of carbonyl (C=O) groups is 1.